The third kappa shape index (κ3) is 5.28. The van der Waals surface area contributed by atoms with E-state index in [0.29, 0.717) is 5.75 Å². The van der Waals surface area contributed by atoms with Gasteiger partial charge in [0, 0.05) is 0 Å². The second kappa shape index (κ2) is 8.55. The Labute approximate surface area is 165 Å². The molecule has 0 bridgehead atoms. The molecule has 0 aliphatic heterocycles. The zero-order valence-electron chi connectivity index (χ0n) is 15.7. The molecule has 8 heteroatoms. The minimum atomic E-state index is -4.62. The maximum absolute atomic E-state index is 13.0. The number of carbonyl (C=O) groups is 2. The van der Waals surface area contributed by atoms with Crippen molar-refractivity contribution in [1.29, 1.82) is 0 Å². The highest BCUT2D eigenvalue weighted by Crippen LogP contribution is 2.34. The maximum Gasteiger partial charge on any atom is 0.418 e. The van der Waals surface area contributed by atoms with Crippen LogP contribution in [0.15, 0.2) is 42.5 Å². The molecule has 0 saturated heterocycles. The molecule has 1 atom stereocenters. The molecular formula is C21H20F3NO4. The monoisotopic (exact) mass is 407 g/mol. The predicted molar refractivity (Wildman–Crippen MR) is 99.6 cm³/mol. The van der Waals surface area contributed by atoms with Gasteiger partial charge < -0.3 is 14.8 Å². The number of alkyl halides is 3. The molecule has 0 heterocycles. The Bertz CT molecular complexity index is 911. The predicted octanol–water partition coefficient (Wildman–Crippen LogP) is 4.14. The molecular weight excluding hydrogens is 387 g/mol. The van der Waals surface area contributed by atoms with Gasteiger partial charge in [0.2, 0.25) is 0 Å². The lowest BCUT2D eigenvalue weighted by molar-refractivity contribution is -0.155. The Hall–Kier alpha value is -3.03. The van der Waals surface area contributed by atoms with Crippen molar-refractivity contribution >= 4 is 17.6 Å². The number of ether oxygens (including phenoxy) is 2. The molecule has 1 N–H and O–H groups in total. The first-order valence-corrected chi connectivity index (χ1v) is 9.15. The number of anilines is 1. The Balaban J connectivity index is 1.52. The van der Waals surface area contributed by atoms with E-state index in [-0.39, 0.29) is 0 Å². The summed E-state index contributed by atoms with van der Waals surface area (Å²) < 4.78 is 49.4. The summed E-state index contributed by atoms with van der Waals surface area (Å²) in [6.45, 7) is 0.869. The molecule has 0 saturated carbocycles. The summed E-state index contributed by atoms with van der Waals surface area (Å²) >= 11 is 0. The molecule has 1 aliphatic rings. The van der Waals surface area contributed by atoms with E-state index in [9.17, 15) is 22.8 Å². The normalized spacial score (nSPS) is 14.1. The van der Waals surface area contributed by atoms with E-state index in [4.69, 9.17) is 9.47 Å². The van der Waals surface area contributed by atoms with Crippen LogP contribution in [0.3, 0.4) is 0 Å². The molecule has 0 aromatic heterocycles. The van der Waals surface area contributed by atoms with Crippen molar-refractivity contribution < 1.29 is 32.2 Å². The Morgan fingerprint density at radius 2 is 1.83 bits per heavy atom. The van der Waals surface area contributed by atoms with Gasteiger partial charge in [0.25, 0.3) is 5.91 Å². The molecule has 1 aliphatic carbocycles. The Morgan fingerprint density at radius 3 is 2.59 bits per heavy atom. The second-order valence-electron chi connectivity index (χ2n) is 6.74. The molecule has 0 fully saturated rings. The number of hydrogen-bond donors (Lipinski definition) is 1. The molecule has 0 unspecified atom stereocenters. The highest BCUT2D eigenvalue weighted by atomic mass is 19.4. The van der Waals surface area contributed by atoms with E-state index in [1.165, 1.54) is 30.2 Å². The van der Waals surface area contributed by atoms with Crippen LogP contribution in [-0.4, -0.2) is 24.6 Å². The molecule has 29 heavy (non-hydrogen) atoms. The van der Waals surface area contributed by atoms with Crippen LogP contribution in [0.5, 0.6) is 5.75 Å². The number of rotatable bonds is 6. The molecule has 1 amide bonds. The molecule has 3 rings (SSSR count). The zero-order valence-corrected chi connectivity index (χ0v) is 15.7. The average Bonchev–Trinajstić information content (AvgIpc) is 3.13. The van der Waals surface area contributed by atoms with Gasteiger partial charge in [-0.15, -0.1) is 0 Å². The fourth-order valence-corrected chi connectivity index (χ4v) is 3.14. The van der Waals surface area contributed by atoms with Gasteiger partial charge in [-0.3, -0.25) is 4.79 Å². The van der Waals surface area contributed by atoms with Gasteiger partial charge in [0.05, 0.1) is 11.3 Å². The van der Waals surface area contributed by atoms with Crippen molar-refractivity contribution in [2.75, 3.05) is 11.9 Å². The van der Waals surface area contributed by atoms with E-state index in [0.717, 1.165) is 31.4 Å². The lowest BCUT2D eigenvalue weighted by Gasteiger charge is -2.17. The summed E-state index contributed by atoms with van der Waals surface area (Å²) in [5.74, 6) is -1.14. The summed E-state index contributed by atoms with van der Waals surface area (Å²) in [4.78, 5) is 24.1. The Morgan fingerprint density at radius 1 is 1.10 bits per heavy atom. The van der Waals surface area contributed by atoms with E-state index in [1.807, 2.05) is 12.1 Å². The van der Waals surface area contributed by atoms with E-state index in [1.54, 1.807) is 6.07 Å². The fraction of sp³-hybridized carbons (Fsp3) is 0.333. The third-order valence-electron chi connectivity index (χ3n) is 4.59. The molecule has 2 aromatic rings. The number of hydrogen-bond acceptors (Lipinski definition) is 4. The van der Waals surface area contributed by atoms with Crippen molar-refractivity contribution in [3.05, 3.63) is 59.2 Å². The zero-order chi connectivity index (χ0) is 21.0. The highest BCUT2D eigenvalue weighted by molar-refractivity contribution is 5.95. The van der Waals surface area contributed by atoms with Crippen LogP contribution in [0.25, 0.3) is 0 Å². The largest absolute Gasteiger partial charge is 0.482 e. The number of fused-ring (bicyclic) bond motifs is 1. The standard InChI is InChI=1S/C21H20F3NO4/c1-13(20(27)25-18-8-3-2-7-17(18)21(22,23)24)29-19(26)12-28-16-10-9-14-5-4-6-15(14)11-16/h2-3,7-11,13H,4-6,12H2,1H3,(H,25,27)/t13-/m1/s1. The topological polar surface area (TPSA) is 64.6 Å². The molecule has 0 radical (unpaired) electrons. The number of esters is 1. The average molecular weight is 407 g/mol. The van der Waals surface area contributed by atoms with Gasteiger partial charge in [-0.2, -0.15) is 13.2 Å². The number of para-hydroxylation sites is 1. The summed E-state index contributed by atoms with van der Waals surface area (Å²) in [7, 11) is 0. The minimum Gasteiger partial charge on any atom is -0.482 e. The summed E-state index contributed by atoms with van der Waals surface area (Å²) in [6.07, 6.45) is -2.82. The van der Waals surface area contributed by atoms with Gasteiger partial charge in [-0.05, 0) is 61.6 Å². The lowest BCUT2D eigenvalue weighted by Crippen LogP contribution is -2.32. The first-order chi connectivity index (χ1) is 13.7. The maximum atomic E-state index is 13.0. The number of amides is 1. The Kier molecular flexibility index (Phi) is 6.10. The van der Waals surface area contributed by atoms with Crippen molar-refractivity contribution in [1.82, 2.24) is 0 Å². The second-order valence-corrected chi connectivity index (χ2v) is 6.74. The van der Waals surface area contributed by atoms with Crippen molar-refractivity contribution in [3.63, 3.8) is 0 Å². The number of aryl methyl sites for hydroxylation is 2. The van der Waals surface area contributed by atoms with E-state index >= 15 is 0 Å². The van der Waals surface area contributed by atoms with Crippen molar-refractivity contribution in [2.45, 2.75) is 38.5 Å². The van der Waals surface area contributed by atoms with Crippen molar-refractivity contribution in [3.8, 4) is 5.75 Å². The van der Waals surface area contributed by atoms with Crippen LogP contribution < -0.4 is 10.1 Å². The van der Waals surface area contributed by atoms with Gasteiger partial charge in [0.15, 0.2) is 12.7 Å². The van der Waals surface area contributed by atoms with Crippen LogP contribution >= 0.6 is 0 Å². The van der Waals surface area contributed by atoms with Crippen LogP contribution in [0.1, 0.15) is 30.0 Å². The van der Waals surface area contributed by atoms with Crippen LogP contribution in [0, 0.1) is 0 Å². The number of benzene rings is 2. The molecule has 5 nitrogen and oxygen atoms in total. The van der Waals surface area contributed by atoms with Gasteiger partial charge in [-0.1, -0.05) is 18.2 Å². The summed E-state index contributed by atoms with van der Waals surface area (Å²) in [5, 5.41) is 2.15. The van der Waals surface area contributed by atoms with E-state index < -0.39 is 42.0 Å². The van der Waals surface area contributed by atoms with Crippen LogP contribution in [-0.2, 0) is 33.3 Å². The first-order valence-electron chi connectivity index (χ1n) is 9.15. The molecule has 2 aromatic carbocycles. The molecule has 154 valence electrons. The van der Waals surface area contributed by atoms with Crippen molar-refractivity contribution in [2.24, 2.45) is 0 Å². The van der Waals surface area contributed by atoms with Crippen LogP contribution in [0.2, 0.25) is 0 Å². The minimum absolute atomic E-state index is 0.401. The third-order valence-corrected chi connectivity index (χ3v) is 4.59. The smallest absolute Gasteiger partial charge is 0.418 e. The van der Waals surface area contributed by atoms with Gasteiger partial charge in [0.1, 0.15) is 5.75 Å². The van der Waals surface area contributed by atoms with Gasteiger partial charge in [-0.25, -0.2) is 4.79 Å². The fourth-order valence-electron chi connectivity index (χ4n) is 3.14. The quantitative estimate of drug-likeness (QED) is 0.731. The summed E-state index contributed by atoms with van der Waals surface area (Å²) in [6, 6.07) is 10.2. The molecule has 0 spiro atoms. The number of halogens is 3. The highest BCUT2D eigenvalue weighted by Gasteiger charge is 2.34. The van der Waals surface area contributed by atoms with Crippen LogP contribution in [0.4, 0.5) is 18.9 Å². The number of nitrogens with one attached hydrogen (secondary N) is 1. The van der Waals surface area contributed by atoms with Gasteiger partial charge >= 0.3 is 12.1 Å². The first kappa shape index (κ1) is 20.7. The number of carbonyl (C=O) groups excluding carboxylic acids is 2. The summed E-state index contributed by atoms with van der Waals surface area (Å²) in [5.41, 5.74) is 1.07. The SMILES string of the molecule is C[C@@H](OC(=O)COc1ccc2c(c1)CCC2)C(=O)Nc1ccccc1C(F)(F)F. The lowest BCUT2D eigenvalue weighted by atomic mass is 10.1. The van der Waals surface area contributed by atoms with E-state index in [2.05, 4.69) is 5.32 Å².